The van der Waals surface area contributed by atoms with Gasteiger partial charge < -0.3 is 25.7 Å². The maximum atomic E-state index is 11.5. The molecular formula is C71H123NO4. The Hall–Kier alpha value is -1.24. The van der Waals surface area contributed by atoms with E-state index in [-0.39, 0.29) is 40.7 Å². The number of hydrogen-bond donors (Lipinski definition) is 5. The smallest absolute Gasteiger partial charge is 0.0877 e. The van der Waals surface area contributed by atoms with Crippen LogP contribution in [0.1, 0.15) is 312 Å². The standard InChI is InChI=1S/C71H123NO4/c1-9-11-12-14-18-27-54(28-19-16-13-15-17-24-52-25-20-32-64-55(35-34-52)29-22-33-67(64)75)66-46-60-49-72-50-68(76)65(60)41-38-59(66)48-70(6,7)71(8)42-23-26-53(43-56(51(71)3)36-39-62(73)10-2)47-69(4,5)61-31-21-30-57-45-63(74)40-37-58(57)44-61/h52-54,59,61-63,66-68,72-76H,9-50H2,1-8H3. The summed E-state index contributed by atoms with van der Waals surface area (Å²) in [5.74, 6) is 4.36. The maximum Gasteiger partial charge on any atom is 0.0877 e. The van der Waals surface area contributed by atoms with Gasteiger partial charge in [0, 0.05) is 13.1 Å². The zero-order valence-corrected chi connectivity index (χ0v) is 51.3. The van der Waals surface area contributed by atoms with Crippen LogP contribution in [0, 0.1) is 51.8 Å². The van der Waals surface area contributed by atoms with Crippen LogP contribution in [0.4, 0.5) is 0 Å². The van der Waals surface area contributed by atoms with E-state index in [1.807, 2.05) is 0 Å². The first-order valence-corrected chi connectivity index (χ1v) is 33.7. The fraction of sp³-hybridized carbons (Fsp3) is 0.887. The lowest BCUT2D eigenvalue weighted by atomic mass is 9.54. The van der Waals surface area contributed by atoms with Gasteiger partial charge in [-0.2, -0.15) is 0 Å². The van der Waals surface area contributed by atoms with Gasteiger partial charge in [0.25, 0.3) is 0 Å². The number of hydrogen-bond acceptors (Lipinski definition) is 5. The summed E-state index contributed by atoms with van der Waals surface area (Å²) < 4.78 is 0. The van der Waals surface area contributed by atoms with Gasteiger partial charge in [-0.15, -0.1) is 0 Å². The van der Waals surface area contributed by atoms with Crippen molar-refractivity contribution in [2.45, 2.75) is 337 Å². The number of allylic oxidation sites excluding steroid dienone is 4. The SMILES string of the molecule is CCCCCCCC(CCCCCCCC1CCCC2=C(CCCC2O)CC1)C1CC2=C(CCC1CC(C)(C)C1(C)CCCC(CC(C)(C)C3CCCC4=C(CCC(O)C4)C3)CC(CCC(O)CC)=C1C)C(O)CNC2. The molecule has 5 heteroatoms. The van der Waals surface area contributed by atoms with E-state index in [0.717, 1.165) is 82.1 Å². The van der Waals surface area contributed by atoms with E-state index in [4.69, 9.17) is 0 Å². The van der Waals surface area contributed by atoms with Gasteiger partial charge >= 0.3 is 0 Å². The molecule has 6 aliphatic carbocycles. The number of unbranched alkanes of at least 4 members (excludes halogenated alkanes) is 8. The number of rotatable bonds is 25. The molecular weight excluding hydrogens is 931 g/mol. The fourth-order valence-corrected chi connectivity index (χ4v) is 18.0. The van der Waals surface area contributed by atoms with E-state index in [1.54, 1.807) is 33.4 Å². The summed E-state index contributed by atoms with van der Waals surface area (Å²) in [6.45, 7) is 22.1. The molecule has 5 N–H and O–H groups in total. The summed E-state index contributed by atoms with van der Waals surface area (Å²) in [6, 6.07) is 0. The maximum absolute atomic E-state index is 11.5. The quantitative estimate of drug-likeness (QED) is 0.0464. The normalized spacial score (nSPS) is 31.6. The first-order chi connectivity index (χ1) is 36.5. The zero-order chi connectivity index (χ0) is 54.3. The van der Waals surface area contributed by atoms with E-state index in [1.165, 1.54) is 210 Å². The molecule has 76 heavy (non-hydrogen) atoms. The zero-order valence-electron chi connectivity index (χ0n) is 51.3. The molecule has 0 saturated heterocycles. The van der Waals surface area contributed by atoms with E-state index < -0.39 is 0 Å². The second kappa shape index (κ2) is 30.2. The van der Waals surface area contributed by atoms with Gasteiger partial charge in [-0.25, -0.2) is 0 Å². The van der Waals surface area contributed by atoms with Crippen LogP contribution in [0.2, 0.25) is 0 Å². The molecule has 0 radical (unpaired) electrons. The minimum Gasteiger partial charge on any atom is -0.393 e. The first kappa shape index (κ1) is 62.4. The largest absolute Gasteiger partial charge is 0.393 e. The second-order valence-corrected chi connectivity index (χ2v) is 29.4. The van der Waals surface area contributed by atoms with Crippen LogP contribution in [-0.4, -0.2) is 57.9 Å². The van der Waals surface area contributed by atoms with Crippen molar-refractivity contribution in [3.63, 3.8) is 0 Å². The average molecular weight is 1050 g/mol. The Kier molecular flexibility index (Phi) is 24.8. The van der Waals surface area contributed by atoms with Gasteiger partial charge in [-0.1, -0.05) is 185 Å². The van der Waals surface area contributed by atoms with Crippen molar-refractivity contribution in [2.75, 3.05) is 13.1 Å². The minimum atomic E-state index is -0.327. The van der Waals surface area contributed by atoms with E-state index >= 15 is 0 Å². The van der Waals surface area contributed by atoms with Crippen LogP contribution in [0.5, 0.6) is 0 Å². The number of β-amino-alcohol motifs (C(OH)–C–C–N with tert-alkyl or cyclic N) is 1. The van der Waals surface area contributed by atoms with E-state index in [9.17, 15) is 20.4 Å². The van der Waals surface area contributed by atoms with Crippen molar-refractivity contribution < 1.29 is 20.4 Å². The molecule has 0 fully saturated rings. The van der Waals surface area contributed by atoms with Crippen LogP contribution in [0.15, 0.2) is 44.6 Å². The van der Waals surface area contributed by atoms with Crippen molar-refractivity contribution in [1.29, 1.82) is 0 Å². The first-order valence-electron chi connectivity index (χ1n) is 33.7. The molecule has 0 bridgehead atoms. The Morgan fingerprint density at radius 1 is 0.605 bits per heavy atom. The molecule has 0 aromatic rings. The van der Waals surface area contributed by atoms with Crippen LogP contribution in [-0.2, 0) is 0 Å². The van der Waals surface area contributed by atoms with Gasteiger partial charge in [-0.05, 0) is 224 Å². The summed E-state index contributed by atoms with van der Waals surface area (Å²) in [5, 5.41) is 47.5. The third-order valence-corrected chi connectivity index (χ3v) is 23.5. The Morgan fingerprint density at radius 2 is 1.28 bits per heavy atom. The molecule has 7 aliphatic rings. The van der Waals surface area contributed by atoms with Gasteiger partial charge in [0.2, 0.25) is 0 Å². The lowest BCUT2D eigenvalue weighted by Crippen LogP contribution is -2.41. The highest BCUT2D eigenvalue weighted by Gasteiger charge is 2.48. The Balaban J connectivity index is 1.05. The van der Waals surface area contributed by atoms with Crippen molar-refractivity contribution >= 4 is 0 Å². The Bertz CT molecular complexity index is 1900. The van der Waals surface area contributed by atoms with Crippen molar-refractivity contribution in [1.82, 2.24) is 5.32 Å². The number of aliphatic hydroxyl groups excluding tert-OH is 4. The molecule has 1 aliphatic heterocycles. The third-order valence-electron chi connectivity index (χ3n) is 23.5. The van der Waals surface area contributed by atoms with Crippen molar-refractivity contribution in [3.05, 3.63) is 44.6 Å². The highest BCUT2D eigenvalue weighted by molar-refractivity contribution is 5.28. The molecule has 436 valence electrons. The molecule has 0 saturated carbocycles. The van der Waals surface area contributed by atoms with Crippen molar-refractivity contribution in [3.8, 4) is 0 Å². The fourth-order valence-electron chi connectivity index (χ4n) is 18.0. The molecule has 0 amide bonds. The highest BCUT2D eigenvalue weighted by atomic mass is 16.3. The Morgan fingerprint density at radius 3 is 2.05 bits per heavy atom. The summed E-state index contributed by atoms with van der Waals surface area (Å²) in [4.78, 5) is 0. The summed E-state index contributed by atoms with van der Waals surface area (Å²) in [7, 11) is 0. The van der Waals surface area contributed by atoms with Gasteiger partial charge in [-0.3, -0.25) is 0 Å². The molecule has 11 atom stereocenters. The van der Waals surface area contributed by atoms with Gasteiger partial charge in [0.15, 0.2) is 0 Å². The minimum absolute atomic E-state index is 0.0882. The van der Waals surface area contributed by atoms with Crippen LogP contribution in [0.25, 0.3) is 0 Å². The molecule has 11 unspecified atom stereocenters. The average Bonchev–Trinajstić information content (AvgIpc) is 3.71. The topological polar surface area (TPSA) is 93.0 Å². The van der Waals surface area contributed by atoms with Crippen molar-refractivity contribution in [2.24, 2.45) is 51.8 Å². The molecule has 0 spiro atoms. The summed E-state index contributed by atoms with van der Waals surface area (Å²) in [5.41, 5.74) is 13.2. The van der Waals surface area contributed by atoms with Gasteiger partial charge in [0.1, 0.15) is 0 Å². The monoisotopic (exact) mass is 1050 g/mol. The predicted molar refractivity (Wildman–Crippen MR) is 323 cm³/mol. The molecule has 1 heterocycles. The molecule has 7 rings (SSSR count). The lowest BCUT2D eigenvalue weighted by Gasteiger charge is -2.51. The second-order valence-electron chi connectivity index (χ2n) is 29.4. The van der Waals surface area contributed by atoms with E-state index in [0.29, 0.717) is 24.3 Å². The summed E-state index contributed by atoms with van der Waals surface area (Å²) in [6.07, 6.45) is 48.8. The Labute approximate surface area is 469 Å². The molecule has 5 nitrogen and oxygen atoms in total. The number of aliphatic hydroxyl groups is 4. The van der Waals surface area contributed by atoms with Crippen LogP contribution < -0.4 is 5.32 Å². The van der Waals surface area contributed by atoms with Crippen LogP contribution in [0.3, 0.4) is 0 Å². The predicted octanol–water partition coefficient (Wildman–Crippen LogP) is 18.7. The lowest BCUT2D eigenvalue weighted by molar-refractivity contribution is 0.0452. The third kappa shape index (κ3) is 17.2. The van der Waals surface area contributed by atoms with Crippen LogP contribution >= 0.6 is 0 Å². The number of nitrogens with one attached hydrogen (secondary N) is 1. The van der Waals surface area contributed by atoms with E-state index in [2.05, 4.69) is 60.7 Å². The molecule has 0 aromatic carbocycles. The summed E-state index contributed by atoms with van der Waals surface area (Å²) >= 11 is 0. The highest BCUT2D eigenvalue weighted by Crippen LogP contribution is 2.58. The van der Waals surface area contributed by atoms with Gasteiger partial charge in [0.05, 0.1) is 24.4 Å². The molecule has 0 aromatic heterocycles.